The minimum atomic E-state index is -0.352. The molecule has 2 rings (SSSR count). The van der Waals surface area contributed by atoms with Gasteiger partial charge in [-0.3, -0.25) is 9.59 Å². The van der Waals surface area contributed by atoms with E-state index >= 15 is 0 Å². The molecule has 2 amide bonds. The van der Waals surface area contributed by atoms with E-state index in [0.717, 1.165) is 27.9 Å². The maximum atomic E-state index is 12.2. The minimum absolute atomic E-state index is 0.108. The van der Waals surface area contributed by atoms with Gasteiger partial charge >= 0.3 is 0 Å². The van der Waals surface area contributed by atoms with Crippen molar-refractivity contribution in [2.45, 2.75) is 34.6 Å². The lowest BCUT2D eigenvalue weighted by Gasteiger charge is -2.13. The number of benzene rings is 2. The van der Waals surface area contributed by atoms with Crippen LogP contribution in [0.3, 0.4) is 0 Å². The highest BCUT2D eigenvalue weighted by atomic mass is 16.5. The van der Waals surface area contributed by atoms with Crippen molar-refractivity contribution in [1.29, 1.82) is 0 Å². The molecule has 2 aromatic rings. The lowest BCUT2D eigenvalue weighted by molar-refractivity contribution is -0.121. The zero-order valence-corrected chi connectivity index (χ0v) is 18.3. The quantitative estimate of drug-likeness (QED) is 0.608. The molecule has 0 saturated heterocycles. The third-order valence-corrected chi connectivity index (χ3v) is 4.36. The molecule has 0 radical (unpaired) electrons. The fourth-order valence-corrected chi connectivity index (χ4v) is 3.13. The number of carbonyl (C=O) groups is 2. The first-order chi connectivity index (χ1) is 14.3. The largest absolute Gasteiger partial charge is 0.490 e. The molecule has 0 aromatic heterocycles. The fraction of sp³-hybridized carbons (Fsp3) is 0.333. The summed E-state index contributed by atoms with van der Waals surface area (Å²) in [5, 5.41) is 5.47. The first-order valence-corrected chi connectivity index (χ1v) is 10.1. The standard InChI is InChI=1S/C24H30N2O4/c1-6-29-20-10-8-19(14-21(20)30-7-2)9-11-22(27)25-15-23(28)26-24-17(4)12-16(3)13-18(24)5/h8-14H,6-7,15H2,1-5H3,(H,25,27)(H,26,28). The summed E-state index contributed by atoms with van der Waals surface area (Å²) in [7, 11) is 0. The Morgan fingerprint density at radius 3 is 2.20 bits per heavy atom. The Hall–Kier alpha value is -3.28. The van der Waals surface area contributed by atoms with Gasteiger partial charge in [0.25, 0.3) is 0 Å². The van der Waals surface area contributed by atoms with Crippen LogP contribution in [0, 0.1) is 20.8 Å². The Kier molecular flexibility index (Phi) is 8.47. The van der Waals surface area contributed by atoms with Crippen LogP contribution in [-0.2, 0) is 9.59 Å². The maximum Gasteiger partial charge on any atom is 0.244 e. The number of hydrogen-bond donors (Lipinski definition) is 2. The molecule has 0 saturated carbocycles. The molecule has 0 spiro atoms. The second-order valence-electron chi connectivity index (χ2n) is 6.95. The molecule has 0 atom stereocenters. The SMILES string of the molecule is CCOc1ccc(C=CC(=O)NCC(=O)Nc2c(C)cc(C)cc2C)cc1OCC. The molecular weight excluding hydrogens is 380 g/mol. The van der Waals surface area contributed by atoms with Crippen LogP contribution in [0.25, 0.3) is 6.08 Å². The van der Waals surface area contributed by atoms with Gasteiger partial charge in [-0.05, 0) is 69.5 Å². The Bertz CT molecular complexity index is 912. The number of hydrogen-bond acceptors (Lipinski definition) is 4. The first-order valence-electron chi connectivity index (χ1n) is 10.1. The topological polar surface area (TPSA) is 76.7 Å². The number of aryl methyl sites for hydroxylation is 3. The summed E-state index contributed by atoms with van der Waals surface area (Å²) in [6, 6.07) is 9.49. The lowest BCUT2D eigenvalue weighted by atomic mass is 10.1. The number of nitrogens with one attached hydrogen (secondary N) is 2. The molecule has 0 bridgehead atoms. The van der Waals surface area contributed by atoms with Gasteiger partial charge < -0.3 is 20.1 Å². The summed E-state index contributed by atoms with van der Waals surface area (Å²) in [5.74, 6) is 0.672. The number of rotatable bonds is 9. The number of ether oxygens (including phenoxy) is 2. The Morgan fingerprint density at radius 1 is 0.933 bits per heavy atom. The second-order valence-corrected chi connectivity index (χ2v) is 6.95. The summed E-state index contributed by atoms with van der Waals surface area (Å²) in [6.07, 6.45) is 3.06. The molecule has 0 aliphatic rings. The number of amides is 2. The minimum Gasteiger partial charge on any atom is -0.490 e. The van der Waals surface area contributed by atoms with Crippen LogP contribution in [0.4, 0.5) is 5.69 Å². The van der Waals surface area contributed by atoms with Crippen molar-refractivity contribution >= 4 is 23.6 Å². The van der Waals surface area contributed by atoms with Gasteiger partial charge in [0.2, 0.25) is 11.8 Å². The van der Waals surface area contributed by atoms with Crippen molar-refractivity contribution in [1.82, 2.24) is 5.32 Å². The molecule has 2 aromatic carbocycles. The second kappa shape index (κ2) is 11.0. The molecule has 0 heterocycles. The van der Waals surface area contributed by atoms with E-state index < -0.39 is 0 Å². The van der Waals surface area contributed by atoms with Gasteiger partial charge in [-0.25, -0.2) is 0 Å². The average Bonchev–Trinajstić information content (AvgIpc) is 2.69. The van der Waals surface area contributed by atoms with E-state index in [1.165, 1.54) is 6.08 Å². The van der Waals surface area contributed by atoms with E-state index in [1.54, 1.807) is 6.08 Å². The van der Waals surface area contributed by atoms with Crippen molar-refractivity contribution in [3.63, 3.8) is 0 Å². The van der Waals surface area contributed by atoms with Crippen LogP contribution in [0.5, 0.6) is 11.5 Å². The molecule has 0 unspecified atom stereocenters. The highest BCUT2D eigenvalue weighted by molar-refractivity contribution is 5.98. The first kappa shape index (κ1) is 23.0. The predicted molar refractivity (Wildman–Crippen MR) is 120 cm³/mol. The van der Waals surface area contributed by atoms with E-state index in [9.17, 15) is 9.59 Å². The number of carbonyl (C=O) groups excluding carboxylic acids is 2. The lowest BCUT2D eigenvalue weighted by Crippen LogP contribution is -2.32. The van der Waals surface area contributed by atoms with E-state index in [2.05, 4.69) is 10.6 Å². The van der Waals surface area contributed by atoms with Crippen LogP contribution in [0.15, 0.2) is 36.4 Å². The highest BCUT2D eigenvalue weighted by Gasteiger charge is 2.09. The molecule has 160 valence electrons. The van der Waals surface area contributed by atoms with E-state index in [1.807, 2.05) is 65.0 Å². The predicted octanol–water partition coefficient (Wildman–Crippen LogP) is 4.18. The van der Waals surface area contributed by atoms with Crippen LogP contribution in [0.2, 0.25) is 0 Å². The fourth-order valence-electron chi connectivity index (χ4n) is 3.13. The molecule has 30 heavy (non-hydrogen) atoms. The van der Waals surface area contributed by atoms with Gasteiger partial charge in [0.05, 0.1) is 19.8 Å². The molecule has 2 N–H and O–H groups in total. The van der Waals surface area contributed by atoms with Crippen molar-refractivity contribution in [2.24, 2.45) is 0 Å². The van der Waals surface area contributed by atoms with Crippen molar-refractivity contribution in [3.8, 4) is 11.5 Å². The molecule has 6 heteroatoms. The number of anilines is 1. The van der Waals surface area contributed by atoms with Gasteiger partial charge in [0.15, 0.2) is 11.5 Å². The van der Waals surface area contributed by atoms with E-state index in [0.29, 0.717) is 24.7 Å². The van der Waals surface area contributed by atoms with Gasteiger partial charge in [0.1, 0.15) is 0 Å². The zero-order chi connectivity index (χ0) is 22.1. The molecule has 0 fully saturated rings. The molecule has 0 aliphatic carbocycles. The van der Waals surface area contributed by atoms with Crippen LogP contribution >= 0.6 is 0 Å². The summed E-state index contributed by atoms with van der Waals surface area (Å²) in [5.41, 5.74) is 4.71. The van der Waals surface area contributed by atoms with Crippen molar-refractivity contribution in [2.75, 3.05) is 25.1 Å². The third-order valence-electron chi connectivity index (χ3n) is 4.36. The molecule has 6 nitrogen and oxygen atoms in total. The van der Waals surface area contributed by atoms with Gasteiger partial charge in [-0.1, -0.05) is 23.8 Å². The van der Waals surface area contributed by atoms with Crippen molar-refractivity contribution < 1.29 is 19.1 Å². The maximum absolute atomic E-state index is 12.2. The molecular formula is C24H30N2O4. The monoisotopic (exact) mass is 410 g/mol. The van der Waals surface area contributed by atoms with E-state index in [4.69, 9.17) is 9.47 Å². The molecule has 0 aliphatic heterocycles. The van der Waals surface area contributed by atoms with Crippen LogP contribution in [0.1, 0.15) is 36.1 Å². The average molecular weight is 411 g/mol. The smallest absolute Gasteiger partial charge is 0.244 e. The Balaban J connectivity index is 1.93. The van der Waals surface area contributed by atoms with E-state index in [-0.39, 0.29) is 18.4 Å². The van der Waals surface area contributed by atoms with Gasteiger partial charge in [-0.15, -0.1) is 0 Å². The Morgan fingerprint density at radius 2 is 1.57 bits per heavy atom. The summed E-state index contributed by atoms with van der Waals surface area (Å²) < 4.78 is 11.1. The highest BCUT2D eigenvalue weighted by Crippen LogP contribution is 2.29. The van der Waals surface area contributed by atoms with Crippen LogP contribution < -0.4 is 20.1 Å². The van der Waals surface area contributed by atoms with Crippen molar-refractivity contribution in [3.05, 3.63) is 58.7 Å². The summed E-state index contributed by atoms with van der Waals surface area (Å²) in [4.78, 5) is 24.3. The zero-order valence-electron chi connectivity index (χ0n) is 18.3. The van der Waals surface area contributed by atoms with Gasteiger partial charge in [0, 0.05) is 11.8 Å². The summed E-state index contributed by atoms with van der Waals surface area (Å²) in [6.45, 7) is 10.7. The normalized spacial score (nSPS) is 10.7. The van der Waals surface area contributed by atoms with Crippen LogP contribution in [-0.4, -0.2) is 31.6 Å². The third kappa shape index (κ3) is 6.65. The Labute approximate surface area is 178 Å². The van der Waals surface area contributed by atoms with Gasteiger partial charge in [-0.2, -0.15) is 0 Å². The summed E-state index contributed by atoms with van der Waals surface area (Å²) >= 11 is 0.